The van der Waals surface area contributed by atoms with Gasteiger partial charge in [0.25, 0.3) is 11.4 Å². The lowest BCUT2D eigenvalue weighted by Crippen LogP contribution is -1.91. The molecule has 0 saturated heterocycles. The van der Waals surface area contributed by atoms with Crippen molar-refractivity contribution in [2.24, 2.45) is 0 Å². The van der Waals surface area contributed by atoms with Gasteiger partial charge in [0.05, 0.1) is 9.85 Å². The van der Waals surface area contributed by atoms with Gasteiger partial charge in [0.15, 0.2) is 0 Å². The van der Waals surface area contributed by atoms with Crippen LogP contribution in [-0.4, -0.2) is 9.85 Å². The van der Waals surface area contributed by atoms with Gasteiger partial charge in [0.2, 0.25) is 0 Å². The molecule has 0 spiro atoms. The lowest BCUT2D eigenvalue weighted by Gasteiger charge is -2.02. The highest BCUT2D eigenvalue weighted by Crippen LogP contribution is 2.22. The van der Waals surface area contributed by atoms with Gasteiger partial charge >= 0.3 is 0 Å². The van der Waals surface area contributed by atoms with Gasteiger partial charge in [-0.3, -0.25) is 20.2 Å². The van der Waals surface area contributed by atoms with E-state index in [0.717, 1.165) is 22.3 Å². The lowest BCUT2D eigenvalue weighted by molar-refractivity contribution is -0.385. The molecule has 0 radical (unpaired) electrons. The number of nitrogens with zero attached hydrogens (tertiary/aromatic N) is 2. The van der Waals surface area contributed by atoms with Crippen LogP contribution in [0.25, 0.3) is 12.2 Å². The largest absolute Gasteiger partial charge is 0.269 e. The van der Waals surface area contributed by atoms with Gasteiger partial charge in [-0.15, -0.1) is 0 Å². The van der Waals surface area contributed by atoms with Crippen LogP contribution in [0.2, 0.25) is 0 Å². The van der Waals surface area contributed by atoms with Crippen molar-refractivity contribution in [2.45, 2.75) is 13.8 Å². The molecule has 0 bridgehead atoms. The predicted octanol–water partition coefficient (Wildman–Crippen LogP) is 4.29. The fourth-order valence-electron chi connectivity index (χ4n) is 2.10. The Balaban J connectivity index is 2.29. The summed E-state index contributed by atoms with van der Waals surface area (Å²) < 4.78 is 0. The molecule has 0 aromatic heterocycles. The van der Waals surface area contributed by atoms with E-state index < -0.39 is 9.85 Å². The average Bonchev–Trinajstić information content (AvgIpc) is 2.46. The molecule has 0 fully saturated rings. The van der Waals surface area contributed by atoms with E-state index in [9.17, 15) is 20.2 Å². The van der Waals surface area contributed by atoms with E-state index in [2.05, 4.69) is 0 Å². The van der Waals surface area contributed by atoms with Gasteiger partial charge in [0, 0.05) is 24.3 Å². The van der Waals surface area contributed by atoms with Crippen LogP contribution in [0.15, 0.2) is 36.4 Å². The van der Waals surface area contributed by atoms with E-state index in [4.69, 9.17) is 0 Å². The number of benzene rings is 2. The highest BCUT2D eigenvalue weighted by Gasteiger charge is 2.08. The zero-order valence-electron chi connectivity index (χ0n) is 12.1. The first-order chi connectivity index (χ1) is 10.4. The lowest BCUT2D eigenvalue weighted by atomic mass is 10.0. The van der Waals surface area contributed by atoms with Crippen molar-refractivity contribution in [3.63, 3.8) is 0 Å². The number of nitro benzene ring substituents is 2. The Labute approximate surface area is 127 Å². The minimum absolute atomic E-state index is 0.0566. The quantitative estimate of drug-likeness (QED) is 0.478. The minimum Gasteiger partial charge on any atom is -0.258 e. The molecule has 2 rings (SSSR count). The van der Waals surface area contributed by atoms with Crippen molar-refractivity contribution in [2.75, 3.05) is 0 Å². The summed E-state index contributed by atoms with van der Waals surface area (Å²) >= 11 is 0. The summed E-state index contributed by atoms with van der Waals surface area (Å²) in [6.45, 7) is 3.60. The summed E-state index contributed by atoms with van der Waals surface area (Å²) in [4.78, 5) is 20.6. The predicted molar refractivity (Wildman–Crippen MR) is 84.6 cm³/mol. The van der Waals surface area contributed by atoms with Crippen LogP contribution in [0.3, 0.4) is 0 Å². The SMILES string of the molecule is Cc1cc([N+](=O)[O-])ccc1/C=C/c1ccc([N+](=O)[O-])cc1C. The van der Waals surface area contributed by atoms with Gasteiger partial charge in [-0.05, 0) is 48.2 Å². The molecule has 0 aliphatic heterocycles. The highest BCUT2D eigenvalue weighted by molar-refractivity contribution is 5.73. The maximum Gasteiger partial charge on any atom is 0.269 e. The van der Waals surface area contributed by atoms with Crippen molar-refractivity contribution < 1.29 is 9.85 Å². The molecule has 0 N–H and O–H groups in total. The van der Waals surface area contributed by atoms with Crippen molar-refractivity contribution in [1.82, 2.24) is 0 Å². The van der Waals surface area contributed by atoms with Gasteiger partial charge in [-0.25, -0.2) is 0 Å². The molecule has 0 aliphatic rings. The second kappa shape index (κ2) is 6.17. The van der Waals surface area contributed by atoms with Gasteiger partial charge in [-0.2, -0.15) is 0 Å². The summed E-state index contributed by atoms with van der Waals surface area (Å²) in [5.74, 6) is 0. The third-order valence-electron chi connectivity index (χ3n) is 3.37. The molecule has 0 atom stereocenters. The molecule has 22 heavy (non-hydrogen) atoms. The van der Waals surface area contributed by atoms with E-state index in [1.165, 1.54) is 24.3 Å². The smallest absolute Gasteiger partial charge is 0.258 e. The maximum absolute atomic E-state index is 10.7. The first-order valence-electron chi connectivity index (χ1n) is 6.56. The third-order valence-corrected chi connectivity index (χ3v) is 3.37. The summed E-state index contributed by atoms with van der Waals surface area (Å²) in [6, 6.07) is 9.31. The maximum atomic E-state index is 10.7. The van der Waals surface area contributed by atoms with Gasteiger partial charge in [0.1, 0.15) is 0 Å². The Morgan fingerprint density at radius 3 is 1.41 bits per heavy atom. The van der Waals surface area contributed by atoms with E-state index >= 15 is 0 Å². The molecule has 6 heteroatoms. The number of nitro groups is 2. The van der Waals surface area contributed by atoms with Crippen molar-refractivity contribution in [1.29, 1.82) is 0 Å². The summed E-state index contributed by atoms with van der Waals surface area (Å²) in [5, 5.41) is 21.4. The van der Waals surface area contributed by atoms with E-state index in [1.54, 1.807) is 26.0 Å². The van der Waals surface area contributed by atoms with Crippen LogP contribution in [-0.2, 0) is 0 Å². The molecule has 6 nitrogen and oxygen atoms in total. The van der Waals surface area contributed by atoms with E-state index in [1.807, 2.05) is 12.2 Å². The first kappa shape index (κ1) is 15.4. The topological polar surface area (TPSA) is 86.3 Å². The average molecular weight is 298 g/mol. The summed E-state index contributed by atoms with van der Waals surface area (Å²) in [5.41, 5.74) is 3.43. The molecule has 2 aromatic rings. The Bertz CT molecular complexity index is 716. The van der Waals surface area contributed by atoms with Crippen LogP contribution in [0.1, 0.15) is 22.3 Å². The van der Waals surface area contributed by atoms with E-state index in [0.29, 0.717) is 0 Å². The van der Waals surface area contributed by atoms with E-state index in [-0.39, 0.29) is 11.4 Å². The molecule has 0 aliphatic carbocycles. The van der Waals surface area contributed by atoms with Gasteiger partial charge < -0.3 is 0 Å². The summed E-state index contributed by atoms with van der Waals surface area (Å²) in [6.07, 6.45) is 3.68. The van der Waals surface area contributed by atoms with Crippen LogP contribution >= 0.6 is 0 Å². The molecule has 0 heterocycles. The molecular formula is C16H14N2O4. The number of hydrogen-bond acceptors (Lipinski definition) is 4. The zero-order valence-corrected chi connectivity index (χ0v) is 12.1. The normalized spacial score (nSPS) is 10.8. The number of aryl methyl sites for hydroxylation is 2. The molecule has 112 valence electrons. The van der Waals surface area contributed by atoms with Crippen LogP contribution in [0.5, 0.6) is 0 Å². The van der Waals surface area contributed by atoms with Crippen molar-refractivity contribution in [3.8, 4) is 0 Å². The third kappa shape index (κ3) is 3.35. The number of hydrogen-bond donors (Lipinski definition) is 0. The van der Waals surface area contributed by atoms with Gasteiger partial charge in [-0.1, -0.05) is 12.2 Å². The fourth-order valence-corrected chi connectivity index (χ4v) is 2.10. The number of rotatable bonds is 4. The second-order valence-electron chi connectivity index (χ2n) is 4.93. The minimum atomic E-state index is -0.430. The van der Waals surface area contributed by atoms with Crippen LogP contribution < -0.4 is 0 Å². The molecule has 0 amide bonds. The van der Waals surface area contributed by atoms with Crippen molar-refractivity contribution in [3.05, 3.63) is 78.9 Å². The van der Waals surface area contributed by atoms with Crippen LogP contribution in [0, 0.1) is 34.1 Å². The Hall–Kier alpha value is -3.02. The molecule has 0 unspecified atom stereocenters. The summed E-state index contributed by atoms with van der Waals surface area (Å²) in [7, 11) is 0. The first-order valence-corrected chi connectivity index (χ1v) is 6.56. The van der Waals surface area contributed by atoms with Crippen LogP contribution in [0.4, 0.5) is 11.4 Å². The molecule has 2 aromatic carbocycles. The number of non-ortho nitro benzene ring substituents is 2. The zero-order chi connectivity index (χ0) is 16.3. The monoisotopic (exact) mass is 298 g/mol. The standard InChI is InChI=1S/C16H14N2O4/c1-11-9-15(17(19)20)7-5-13(11)3-4-14-6-8-16(18(21)22)10-12(14)2/h3-10H,1-2H3/b4-3+. The molecule has 0 saturated carbocycles. The Kier molecular flexibility index (Phi) is 4.31. The highest BCUT2D eigenvalue weighted by atomic mass is 16.6. The Morgan fingerprint density at radius 1 is 0.773 bits per heavy atom. The second-order valence-corrected chi connectivity index (χ2v) is 4.93. The Morgan fingerprint density at radius 2 is 1.14 bits per heavy atom. The fraction of sp³-hybridized carbons (Fsp3) is 0.125. The molecular weight excluding hydrogens is 284 g/mol. The van der Waals surface area contributed by atoms with Crippen molar-refractivity contribution >= 4 is 23.5 Å².